The van der Waals surface area contributed by atoms with Gasteiger partial charge in [-0.15, -0.1) is 0 Å². The first-order chi connectivity index (χ1) is 12.1. The van der Waals surface area contributed by atoms with Crippen LogP contribution in [0, 0.1) is 0 Å². The molecule has 0 N–H and O–H groups in total. The van der Waals surface area contributed by atoms with Crippen molar-refractivity contribution in [2.75, 3.05) is 18.1 Å². The van der Waals surface area contributed by atoms with E-state index in [1.165, 1.54) is 0 Å². The van der Waals surface area contributed by atoms with Gasteiger partial charge >= 0.3 is 5.97 Å². The van der Waals surface area contributed by atoms with Gasteiger partial charge in [0.2, 0.25) is 0 Å². The van der Waals surface area contributed by atoms with Crippen molar-refractivity contribution in [3.05, 3.63) is 59.7 Å². The van der Waals surface area contributed by atoms with Crippen LogP contribution in [0.2, 0.25) is 0 Å². The van der Waals surface area contributed by atoms with Crippen molar-refractivity contribution in [3.63, 3.8) is 0 Å². The van der Waals surface area contributed by atoms with Gasteiger partial charge < -0.3 is 9.47 Å². The fourth-order valence-corrected chi connectivity index (χ4v) is 2.66. The van der Waals surface area contributed by atoms with E-state index < -0.39 is 17.7 Å². The number of benzene rings is 2. The number of Topliss-reactive ketones (excluding diaryl/α,β-unsaturated/α-hetero) is 1. The van der Waals surface area contributed by atoms with Gasteiger partial charge in [-0.2, -0.15) is 0 Å². The van der Waals surface area contributed by atoms with Crippen molar-refractivity contribution >= 4 is 23.3 Å². The third-order valence-corrected chi connectivity index (χ3v) is 3.83. The lowest BCUT2D eigenvalue weighted by molar-refractivity contribution is -0.143. The van der Waals surface area contributed by atoms with E-state index in [0.717, 1.165) is 10.5 Å². The molecule has 1 aliphatic rings. The van der Waals surface area contributed by atoms with Gasteiger partial charge in [0.05, 0.1) is 17.9 Å². The molecule has 0 fully saturated rings. The second kappa shape index (κ2) is 7.17. The number of nitrogens with zero attached hydrogens (tertiary/aromatic N) is 1. The van der Waals surface area contributed by atoms with Crippen molar-refractivity contribution in [2.45, 2.75) is 13.5 Å². The zero-order valence-corrected chi connectivity index (χ0v) is 13.7. The fraction of sp³-hybridized carbons (Fsp3) is 0.211. The van der Waals surface area contributed by atoms with E-state index in [1.807, 2.05) is 19.1 Å². The largest absolute Gasteiger partial charge is 0.493 e. The first-order valence-electron chi connectivity index (χ1n) is 7.93. The van der Waals surface area contributed by atoms with Gasteiger partial charge in [-0.25, -0.2) is 0 Å². The molecule has 0 unspecified atom stereocenters. The number of fused-ring (bicyclic) bond motifs is 1. The average Bonchev–Trinajstić information content (AvgIpc) is 2.87. The maximum atomic E-state index is 12.1. The molecular weight excluding hydrogens is 322 g/mol. The molecule has 1 amide bonds. The van der Waals surface area contributed by atoms with Crippen LogP contribution in [0.3, 0.4) is 0 Å². The minimum Gasteiger partial charge on any atom is -0.493 e. The highest BCUT2D eigenvalue weighted by atomic mass is 16.5. The molecule has 6 nitrogen and oxygen atoms in total. The van der Waals surface area contributed by atoms with Crippen LogP contribution in [-0.4, -0.2) is 30.8 Å². The molecule has 128 valence electrons. The summed E-state index contributed by atoms with van der Waals surface area (Å²) in [6.07, 6.45) is 0. The van der Waals surface area contributed by atoms with Gasteiger partial charge in [-0.3, -0.25) is 19.3 Å². The van der Waals surface area contributed by atoms with Crippen LogP contribution in [0.5, 0.6) is 5.75 Å². The minimum absolute atomic E-state index is 0.0344. The van der Waals surface area contributed by atoms with E-state index >= 15 is 0 Å². The normalized spacial score (nSPS) is 12.9. The maximum absolute atomic E-state index is 12.1. The molecular formula is C19H17NO5. The predicted molar refractivity (Wildman–Crippen MR) is 90.5 cm³/mol. The van der Waals surface area contributed by atoms with E-state index in [4.69, 9.17) is 9.47 Å². The first kappa shape index (κ1) is 16.7. The molecule has 0 saturated carbocycles. The van der Waals surface area contributed by atoms with Crippen LogP contribution in [-0.2, 0) is 20.9 Å². The SMILES string of the molecule is CCOc1ccccc1COC(=O)CN1C(=O)C(=O)c2ccccc21. The lowest BCUT2D eigenvalue weighted by Gasteiger charge is -2.16. The average molecular weight is 339 g/mol. The lowest BCUT2D eigenvalue weighted by atomic mass is 10.1. The number of carbonyl (C=O) groups is 3. The number of amides is 1. The van der Waals surface area contributed by atoms with Gasteiger partial charge in [0.1, 0.15) is 18.9 Å². The first-order valence-corrected chi connectivity index (χ1v) is 7.93. The van der Waals surface area contributed by atoms with E-state index in [1.54, 1.807) is 36.4 Å². The van der Waals surface area contributed by atoms with Crippen LogP contribution in [0.25, 0.3) is 0 Å². The standard InChI is InChI=1S/C19H17NO5/c1-2-24-16-10-6-3-7-13(16)12-25-17(21)11-20-15-9-5-4-8-14(15)18(22)19(20)23/h3-10H,2,11-12H2,1H3. The molecule has 0 radical (unpaired) electrons. The summed E-state index contributed by atoms with van der Waals surface area (Å²) in [5.74, 6) is -1.27. The molecule has 1 heterocycles. The summed E-state index contributed by atoms with van der Waals surface area (Å²) in [7, 11) is 0. The van der Waals surface area contributed by atoms with Crippen molar-refractivity contribution in [1.29, 1.82) is 0 Å². The van der Waals surface area contributed by atoms with E-state index in [9.17, 15) is 14.4 Å². The summed E-state index contributed by atoms with van der Waals surface area (Å²) in [4.78, 5) is 37.3. The second-order valence-corrected chi connectivity index (χ2v) is 5.44. The number of hydrogen-bond acceptors (Lipinski definition) is 5. The summed E-state index contributed by atoms with van der Waals surface area (Å²) in [6.45, 7) is 2.10. The fourth-order valence-electron chi connectivity index (χ4n) is 2.66. The number of carbonyl (C=O) groups excluding carboxylic acids is 3. The van der Waals surface area contributed by atoms with Crippen molar-refractivity contribution in [2.24, 2.45) is 0 Å². The van der Waals surface area contributed by atoms with E-state index in [-0.39, 0.29) is 13.2 Å². The topological polar surface area (TPSA) is 72.9 Å². The Hall–Kier alpha value is -3.15. The quantitative estimate of drug-likeness (QED) is 0.597. The molecule has 0 bridgehead atoms. The Kier molecular flexibility index (Phi) is 4.79. The van der Waals surface area contributed by atoms with Gasteiger partial charge in [0, 0.05) is 5.56 Å². The van der Waals surface area contributed by atoms with Crippen LogP contribution in [0.4, 0.5) is 5.69 Å². The Labute approximate surface area is 145 Å². The maximum Gasteiger partial charge on any atom is 0.326 e. The molecule has 2 aromatic carbocycles. The molecule has 25 heavy (non-hydrogen) atoms. The Morgan fingerprint density at radius 3 is 2.56 bits per heavy atom. The number of ether oxygens (including phenoxy) is 2. The minimum atomic E-state index is -0.715. The zero-order chi connectivity index (χ0) is 17.8. The predicted octanol–water partition coefficient (Wildman–Crippen LogP) is 2.36. The molecule has 0 atom stereocenters. The number of para-hydroxylation sites is 2. The highest BCUT2D eigenvalue weighted by molar-refractivity contribution is 6.52. The monoisotopic (exact) mass is 339 g/mol. The molecule has 0 saturated heterocycles. The van der Waals surface area contributed by atoms with Crippen molar-refractivity contribution in [3.8, 4) is 5.75 Å². The molecule has 0 aromatic heterocycles. The summed E-state index contributed by atoms with van der Waals surface area (Å²) in [6, 6.07) is 13.9. The van der Waals surface area contributed by atoms with Crippen LogP contribution >= 0.6 is 0 Å². The molecule has 6 heteroatoms. The smallest absolute Gasteiger partial charge is 0.326 e. The summed E-state index contributed by atoms with van der Waals surface area (Å²) in [5.41, 5.74) is 1.48. The highest BCUT2D eigenvalue weighted by Gasteiger charge is 2.36. The third kappa shape index (κ3) is 3.38. The number of anilines is 1. The lowest BCUT2D eigenvalue weighted by Crippen LogP contribution is -2.35. The van der Waals surface area contributed by atoms with Crippen LogP contribution < -0.4 is 9.64 Å². The van der Waals surface area contributed by atoms with Gasteiger partial charge in [-0.05, 0) is 25.1 Å². The van der Waals surface area contributed by atoms with Crippen molar-refractivity contribution < 1.29 is 23.9 Å². The third-order valence-electron chi connectivity index (χ3n) is 3.83. The van der Waals surface area contributed by atoms with Crippen LogP contribution in [0.15, 0.2) is 48.5 Å². The van der Waals surface area contributed by atoms with Gasteiger partial charge in [0.25, 0.3) is 11.7 Å². The second-order valence-electron chi connectivity index (χ2n) is 5.44. The van der Waals surface area contributed by atoms with Crippen LogP contribution in [0.1, 0.15) is 22.8 Å². The number of esters is 1. The van der Waals surface area contributed by atoms with E-state index in [0.29, 0.717) is 23.6 Å². The summed E-state index contributed by atoms with van der Waals surface area (Å²) < 4.78 is 10.7. The number of rotatable bonds is 6. The molecule has 2 aromatic rings. The number of ketones is 1. The summed E-state index contributed by atoms with van der Waals surface area (Å²) in [5, 5.41) is 0. The highest BCUT2D eigenvalue weighted by Crippen LogP contribution is 2.28. The van der Waals surface area contributed by atoms with Crippen molar-refractivity contribution in [1.82, 2.24) is 0 Å². The molecule has 0 spiro atoms. The van der Waals surface area contributed by atoms with Gasteiger partial charge in [0.15, 0.2) is 0 Å². The number of hydrogen-bond donors (Lipinski definition) is 0. The zero-order valence-electron chi connectivity index (χ0n) is 13.7. The molecule has 1 aliphatic heterocycles. The van der Waals surface area contributed by atoms with Gasteiger partial charge in [-0.1, -0.05) is 30.3 Å². The van der Waals surface area contributed by atoms with E-state index in [2.05, 4.69) is 0 Å². The molecule has 3 rings (SSSR count). The Balaban J connectivity index is 1.66. The Morgan fingerprint density at radius 2 is 1.76 bits per heavy atom. The molecule has 0 aliphatic carbocycles. The Morgan fingerprint density at radius 1 is 1.04 bits per heavy atom. The summed E-state index contributed by atoms with van der Waals surface area (Å²) >= 11 is 0. The Bertz CT molecular complexity index is 830.